The number of halogens is 2. The molecule has 0 spiro atoms. The van der Waals surface area contributed by atoms with Crippen molar-refractivity contribution in [3.05, 3.63) is 68.6 Å². The molecule has 0 aliphatic rings. The van der Waals surface area contributed by atoms with Crippen LogP contribution in [0.2, 0.25) is 0 Å². The summed E-state index contributed by atoms with van der Waals surface area (Å²) in [7, 11) is 0. The molecule has 164 valence electrons. The van der Waals surface area contributed by atoms with Crippen molar-refractivity contribution in [1.82, 2.24) is 5.01 Å². The summed E-state index contributed by atoms with van der Waals surface area (Å²) in [6, 6.07) is 13.4. The molecule has 0 unspecified atom stereocenters. The molecule has 0 saturated heterocycles. The van der Waals surface area contributed by atoms with Crippen LogP contribution in [0.3, 0.4) is 0 Å². The van der Waals surface area contributed by atoms with E-state index in [-0.39, 0.29) is 5.71 Å². The van der Waals surface area contributed by atoms with Crippen molar-refractivity contribution in [3.8, 4) is 0 Å². The number of rotatable bonds is 6. The zero-order valence-electron chi connectivity index (χ0n) is 17.5. The summed E-state index contributed by atoms with van der Waals surface area (Å²) in [5.41, 5.74) is 0.631. The SMILES string of the molecule is CC(C)OC(=O)N(/N=C(\C(=O)c1ccc(Br)cc1)c1ccc(Br)cc1)C(=O)OC(C)C. The second-order valence-corrected chi connectivity index (χ2v) is 8.80. The van der Waals surface area contributed by atoms with Crippen LogP contribution in [-0.4, -0.2) is 40.9 Å². The Kier molecular flexibility index (Phi) is 8.94. The van der Waals surface area contributed by atoms with Gasteiger partial charge < -0.3 is 9.47 Å². The van der Waals surface area contributed by atoms with Gasteiger partial charge in [-0.15, -0.1) is 0 Å². The molecule has 0 aliphatic carbocycles. The Labute approximate surface area is 197 Å². The van der Waals surface area contributed by atoms with E-state index in [1.165, 1.54) is 0 Å². The van der Waals surface area contributed by atoms with Gasteiger partial charge in [-0.1, -0.05) is 49.0 Å². The van der Waals surface area contributed by atoms with E-state index >= 15 is 0 Å². The Morgan fingerprint density at radius 1 is 0.742 bits per heavy atom. The number of benzene rings is 2. The molecule has 2 amide bonds. The van der Waals surface area contributed by atoms with Crippen molar-refractivity contribution >= 4 is 55.5 Å². The van der Waals surface area contributed by atoms with Gasteiger partial charge in [0.2, 0.25) is 5.78 Å². The Bertz CT molecular complexity index is 948. The van der Waals surface area contributed by atoms with E-state index < -0.39 is 30.2 Å². The summed E-state index contributed by atoms with van der Waals surface area (Å²) in [5, 5.41) is 4.54. The van der Waals surface area contributed by atoms with E-state index in [9.17, 15) is 14.4 Å². The molecule has 0 atom stereocenters. The number of amides is 2. The van der Waals surface area contributed by atoms with Gasteiger partial charge in [0.15, 0.2) is 0 Å². The minimum Gasteiger partial charge on any atom is -0.445 e. The molecular weight excluding hydrogens is 532 g/mol. The number of carbonyl (C=O) groups excluding carboxylic acids is 3. The number of imide groups is 1. The normalized spacial score (nSPS) is 11.4. The first-order chi connectivity index (χ1) is 14.6. The lowest BCUT2D eigenvalue weighted by molar-refractivity contribution is 0.0517. The van der Waals surface area contributed by atoms with Crippen molar-refractivity contribution in [2.75, 3.05) is 0 Å². The lowest BCUT2D eigenvalue weighted by Crippen LogP contribution is -2.37. The molecule has 0 aliphatic heterocycles. The highest BCUT2D eigenvalue weighted by atomic mass is 79.9. The van der Waals surface area contributed by atoms with E-state index in [0.29, 0.717) is 16.1 Å². The van der Waals surface area contributed by atoms with Crippen LogP contribution < -0.4 is 0 Å². The van der Waals surface area contributed by atoms with Gasteiger partial charge in [0.1, 0.15) is 5.71 Å². The number of nitrogens with zero attached hydrogens (tertiary/aromatic N) is 2. The van der Waals surface area contributed by atoms with Gasteiger partial charge in [0, 0.05) is 20.1 Å². The minimum atomic E-state index is -1.04. The molecule has 0 fully saturated rings. The van der Waals surface area contributed by atoms with Crippen molar-refractivity contribution in [1.29, 1.82) is 0 Å². The highest BCUT2D eigenvalue weighted by molar-refractivity contribution is 9.10. The summed E-state index contributed by atoms with van der Waals surface area (Å²) in [5.74, 6) is -0.477. The van der Waals surface area contributed by atoms with Gasteiger partial charge >= 0.3 is 12.2 Å². The lowest BCUT2D eigenvalue weighted by atomic mass is 10.0. The van der Waals surface area contributed by atoms with Gasteiger partial charge in [0.05, 0.1) is 12.2 Å². The van der Waals surface area contributed by atoms with Crippen LogP contribution >= 0.6 is 31.9 Å². The van der Waals surface area contributed by atoms with E-state index in [0.717, 1.165) is 8.95 Å². The number of carbonyl (C=O) groups is 3. The van der Waals surface area contributed by atoms with E-state index in [2.05, 4.69) is 37.0 Å². The molecule has 0 saturated carbocycles. The molecular formula is C22H22Br2N2O5. The summed E-state index contributed by atoms with van der Waals surface area (Å²) < 4.78 is 11.8. The van der Waals surface area contributed by atoms with Crippen LogP contribution in [0.4, 0.5) is 9.59 Å². The predicted molar refractivity (Wildman–Crippen MR) is 124 cm³/mol. The number of hydrogen-bond acceptors (Lipinski definition) is 6. The summed E-state index contributed by atoms with van der Waals surface area (Å²) in [6.45, 7) is 6.54. The molecule has 0 heterocycles. The topological polar surface area (TPSA) is 85.3 Å². The second-order valence-electron chi connectivity index (χ2n) is 6.97. The van der Waals surface area contributed by atoms with Gasteiger partial charge in [-0.2, -0.15) is 5.10 Å². The molecule has 2 aromatic rings. The summed E-state index contributed by atoms with van der Waals surface area (Å²) >= 11 is 6.68. The first-order valence-corrected chi connectivity index (χ1v) is 11.0. The highest BCUT2D eigenvalue weighted by Crippen LogP contribution is 2.17. The standard InChI is InChI=1S/C22H22Br2N2O5/c1-13(2)30-21(28)26(22(29)31-14(3)4)25-19(15-5-9-17(23)10-6-15)20(27)16-7-11-18(24)12-8-16/h5-14H,1-4H3/b25-19-. The molecule has 9 heteroatoms. The number of Topliss-reactive ketones (excluding diaryl/α,β-unsaturated/α-hetero) is 1. The largest absolute Gasteiger partial charge is 0.445 e. The average Bonchev–Trinajstić information content (AvgIpc) is 2.68. The van der Waals surface area contributed by atoms with Crippen LogP contribution in [0, 0.1) is 0 Å². The van der Waals surface area contributed by atoms with Crippen molar-refractivity contribution in [2.45, 2.75) is 39.9 Å². The fourth-order valence-electron chi connectivity index (χ4n) is 2.34. The minimum absolute atomic E-state index is 0.115. The lowest BCUT2D eigenvalue weighted by Gasteiger charge is -2.19. The predicted octanol–water partition coefficient (Wildman–Crippen LogP) is 6.19. The maximum absolute atomic E-state index is 13.3. The molecule has 7 nitrogen and oxygen atoms in total. The van der Waals surface area contributed by atoms with Crippen LogP contribution in [0.25, 0.3) is 0 Å². The molecule has 2 rings (SSSR count). The Hall–Kier alpha value is -2.52. The van der Waals surface area contributed by atoms with Gasteiger partial charge in [0.25, 0.3) is 0 Å². The number of ketones is 1. The van der Waals surface area contributed by atoms with Crippen LogP contribution in [0.15, 0.2) is 62.6 Å². The van der Waals surface area contributed by atoms with Crippen LogP contribution in [0.5, 0.6) is 0 Å². The number of hydrazone groups is 1. The Morgan fingerprint density at radius 3 is 1.52 bits per heavy atom. The zero-order chi connectivity index (χ0) is 23.1. The first kappa shape index (κ1) is 24.7. The molecule has 31 heavy (non-hydrogen) atoms. The fraction of sp³-hybridized carbons (Fsp3) is 0.273. The summed E-state index contributed by atoms with van der Waals surface area (Å²) in [6.07, 6.45) is -3.09. The zero-order valence-corrected chi connectivity index (χ0v) is 20.6. The monoisotopic (exact) mass is 552 g/mol. The molecule has 0 aromatic heterocycles. The van der Waals surface area contributed by atoms with Crippen molar-refractivity contribution in [3.63, 3.8) is 0 Å². The average molecular weight is 554 g/mol. The maximum atomic E-state index is 13.3. The molecule has 2 aromatic carbocycles. The molecule has 0 N–H and O–H groups in total. The van der Waals surface area contributed by atoms with Crippen LogP contribution in [0.1, 0.15) is 43.6 Å². The smallest absolute Gasteiger partial charge is 0.440 e. The fourth-order valence-corrected chi connectivity index (χ4v) is 2.87. The Morgan fingerprint density at radius 2 is 1.13 bits per heavy atom. The molecule has 0 radical (unpaired) electrons. The van der Waals surface area contributed by atoms with Gasteiger partial charge in [-0.25, -0.2) is 9.59 Å². The first-order valence-electron chi connectivity index (χ1n) is 9.44. The van der Waals surface area contributed by atoms with Gasteiger partial charge in [-0.3, -0.25) is 4.79 Å². The highest BCUT2D eigenvalue weighted by Gasteiger charge is 2.29. The quantitative estimate of drug-likeness (QED) is 0.242. The van der Waals surface area contributed by atoms with Crippen molar-refractivity contribution in [2.24, 2.45) is 5.10 Å². The maximum Gasteiger partial charge on any atom is 0.440 e. The summed E-state index contributed by atoms with van der Waals surface area (Å²) in [4.78, 5) is 38.4. The third-order valence-electron chi connectivity index (χ3n) is 3.66. The third-order valence-corrected chi connectivity index (χ3v) is 4.72. The van der Waals surface area contributed by atoms with E-state index in [1.54, 1.807) is 76.2 Å². The van der Waals surface area contributed by atoms with Crippen molar-refractivity contribution < 1.29 is 23.9 Å². The Balaban J connectivity index is 2.59. The number of ether oxygens (including phenoxy) is 2. The van der Waals surface area contributed by atoms with Crippen LogP contribution in [-0.2, 0) is 9.47 Å². The van der Waals surface area contributed by atoms with Gasteiger partial charge in [-0.05, 0) is 64.1 Å². The van der Waals surface area contributed by atoms with E-state index in [1.807, 2.05) is 0 Å². The third kappa shape index (κ3) is 7.29. The molecule has 0 bridgehead atoms. The second kappa shape index (κ2) is 11.2. The van der Waals surface area contributed by atoms with E-state index in [4.69, 9.17) is 9.47 Å². The number of hydrogen-bond donors (Lipinski definition) is 0.